The number of carbonyl (C=O) groups excluding carboxylic acids is 1. The van der Waals surface area contributed by atoms with Crippen LogP contribution in [0.25, 0.3) is 0 Å². The molecule has 0 spiro atoms. The van der Waals surface area contributed by atoms with Gasteiger partial charge in [-0.05, 0) is 26.8 Å². The van der Waals surface area contributed by atoms with Gasteiger partial charge >= 0.3 is 0 Å². The molecule has 0 unspecified atom stereocenters. The molecule has 1 amide bonds. The van der Waals surface area contributed by atoms with Crippen LogP contribution in [-0.2, 0) is 4.79 Å². The smallest absolute Gasteiger partial charge is 0.227 e. The standard InChI is InChI=1S/C20H32N6O/c1-16-15-18(24-9-7-23(2)8-10-24)22-20(21-16)26-13-11-25(12-14-26)19(27)17-5-3-4-6-17/h15,17H,3-14H2,1-2H3. The first-order chi connectivity index (χ1) is 13.1. The molecule has 1 aliphatic carbocycles. The minimum absolute atomic E-state index is 0.274. The summed E-state index contributed by atoms with van der Waals surface area (Å²) in [5.41, 5.74) is 1.01. The van der Waals surface area contributed by atoms with Gasteiger partial charge in [0.25, 0.3) is 0 Å². The molecule has 0 aromatic carbocycles. The molecule has 7 heteroatoms. The molecule has 1 aromatic rings. The molecule has 3 fully saturated rings. The first-order valence-electron chi connectivity index (χ1n) is 10.4. The molecule has 0 atom stereocenters. The van der Waals surface area contributed by atoms with Crippen molar-refractivity contribution in [3.8, 4) is 0 Å². The number of hydrogen-bond donors (Lipinski definition) is 0. The Balaban J connectivity index is 1.40. The summed E-state index contributed by atoms with van der Waals surface area (Å²) in [6.07, 6.45) is 4.58. The number of anilines is 2. The highest BCUT2D eigenvalue weighted by atomic mass is 16.2. The Morgan fingerprint density at radius 3 is 2.22 bits per heavy atom. The zero-order valence-corrected chi connectivity index (χ0v) is 16.7. The number of aryl methyl sites for hydroxylation is 1. The fourth-order valence-corrected chi connectivity index (χ4v) is 4.43. The third-order valence-electron chi connectivity index (χ3n) is 6.23. The van der Waals surface area contributed by atoms with Gasteiger partial charge in [0.05, 0.1) is 0 Å². The third-order valence-corrected chi connectivity index (χ3v) is 6.23. The van der Waals surface area contributed by atoms with E-state index in [0.29, 0.717) is 5.91 Å². The number of carbonyl (C=O) groups is 1. The van der Waals surface area contributed by atoms with Gasteiger partial charge in [0.15, 0.2) is 0 Å². The molecule has 3 aliphatic rings. The van der Waals surface area contributed by atoms with Crippen molar-refractivity contribution >= 4 is 17.7 Å². The van der Waals surface area contributed by atoms with E-state index in [0.717, 1.165) is 82.7 Å². The van der Waals surface area contributed by atoms with E-state index in [1.165, 1.54) is 12.8 Å². The monoisotopic (exact) mass is 372 g/mol. The average molecular weight is 373 g/mol. The molecular weight excluding hydrogens is 340 g/mol. The summed E-state index contributed by atoms with van der Waals surface area (Å²) < 4.78 is 0. The highest BCUT2D eigenvalue weighted by molar-refractivity contribution is 5.79. The number of nitrogens with zero attached hydrogens (tertiary/aromatic N) is 6. The van der Waals surface area contributed by atoms with Gasteiger partial charge < -0.3 is 19.6 Å². The van der Waals surface area contributed by atoms with E-state index < -0.39 is 0 Å². The topological polar surface area (TPSA) is 55.8 Å². The molecule has 7 nitrogen and oxygen atoms in total. The van der Waals surface area contributed by atoms with Gasteiger partial charge in [-0.1, -0.05) is 12.8 Å². The van der Waals surface area contributed by atoms with Crippen LogP contribution in [0.1, 0.15) is 31.4 Å². The van der Waals surface area contributed by atoms with Crippen LogP contribution in [0.4, 0.5) is 11.8 Å². The quantitative estimate of drug-likeness (QED) is 0.799. The zero-order valence-electron chi connectivity index (χ0n) is 16.7. The molecule has 1 aromatic heterocycles. The van der Waals surface area contributed by atoms with E-state index in [-0.39, 0.29) is 5.92 Å². The van der Waals surface area contributed by atoms with E-state index in [9.17, 15) is 4.79 Å². The van der Waals surface area contributed by atoms with E-state index in [1.54, 1.807) is 0 Å². The number of likely N-dealkylation sites (N-methyl/N-ethyl adjacent to an activating group) is 1. The first-order valence-corrected chi connectivity index (χ1v) is 10.4. The van der Waals surface area contributed by atoms with Crippen molar-refractivity contribution in [2.75, 3.05) is 69.2 Å². The lowest BCUT2D eigenvalue weighted by Crippen LogP contribution is -2.50. The Labute approximate surface area is 162 Å². The van der Waals surface area contributed by atoms with Crippen LogP contribution in [0.2, 0.25) is 0 Å². The van der Waals surface area contributed by atoms with Crippen LogP contribution in [0, 0.1) is 12.8 Å². The Kier molecular flexibility index (Phi) is 5.48. The maximum atomic E-state index is 12.7. The van der Waals surface area contributed by atoms with E-state index in [4.69, 9.17) is 4.98 Å². The van der Waals surface area contributed by atoms with Crippen molar-refractivity contribution in [3.05, 3.63) is 11.8 Å². The molecular formula is C20H32N6O. The minimum Gasteiger partial charge on any atom is -0.354 e. The lowest BCUT2D eigenvalue weighted by Gasteiger charge is -2.37. The summed E-state index contributed by atoms with van der Waals surface area (Å²) in [5, 5.41) is 0. The summed E-state index contributed by atoms with van der Waals surface area (Å²) in [4.78, 5) is 31.2. The maximum absolute atomic E-state index is 12.7. The van der Waals surface area contributed by atoms with Crippen LogP contribution < -0.4 is 9.80 Å². The van der Waals surface area contributed by atoms with Gasteiger partial charge in [0.1, 0.15) is 5.82 Å². The number of amides is 1. The van der Waals surface area contributed by atoms with Crippen LogP contribution in [0.15, 0.2) is 6.07 Å². The lowest BCUT2D eigenvalue weighted by atomic mass is 10.1. The van der Waals surface area contributed by atoms with Crippen molar-refractivity contribution in [1.82, 2.24) is 19.8 Å². The Morgan fingerprint density at radius 2 is 1.56 bits per heavy atom. The molecule has 0 N–H and O–H groups in total. The van der Waals surface area contributed by atoms with Crippen LogP contribution in [-0.4, -0.2) is 85.1 Å². The number of rotatable bonds is 3. The SMILES string of the molecule is Cc1cc(N2CCN(C)CC2)nc(N2CCN(C(=O)C3CCCC3)CC2)n1. The summed E-state index contributed by atoms with van der Waals surface area (Å²) >= 11 is 0. The molecule has 4 rings (SSSR count). The van der Waals surface area contributed by atoms with Gasteiger partial charge in [-0.2, -0.15) is 4.98 Å². The summed E-state index contributed by atoms with van der Waals surface area (Å²) in [6.45, 7) is 9.43. The maximum Gasteiger partial charge on any atom is 0.227 e. The fourth-order valence-electron chi connectivity index (χ4n) is 4.43. The predicted octanol–water partition coefficient (Wildman–Crippen LogP) is 1.38. The second kappa shape index (κ2) is 8.00. The molecule has 0 bridgehead atoms. The number of aromatic nitrogens is 2. The number of hydrogen-bond acceptors (Lipinski definition) is 6. The number of piperazine rings is 2. The minimum atomic E-state index is 0.274. The normalized spacial score (nSPS) is 22.5. The highest BCUT2D eigenvalue weighted by Crippen LogP contribution is 2.27. The van der Waals surface area contributed by atoms with Gasteiger partial charge in [0, 0.05) is 70.0 Å². The van der Waals surface area contributed by atoms with Crippen LogP contribution >= 0.6 is 0 Å². The average Bonchev–Trinajstić information content (AvgIpc) is 3.22. The van der Waals surface area contributed by atoms with Gasteiger partial charge in [-0.3, -0.25) is 4.79 Å². The molecule has 2 saturated heterocycles. The van der Waals surface area contributed by atoms with Gasteiger partial charge in [-0.25, -0.2) is 4.98 Å². The molecule has 2 aliphatic heterocycles. The highest BCUT2D eigenvalue weighted by Gasteiger charge is 2.30. The van der Waals surface area contributed by atoms with E-state index in [1.807, 2.05) is 6.92 Å². The van der Waals surface area contributed by atoms with Crippen molar-refractivity contribution < 1.29 is 4.79 Å². The second-order valence-corrected chi connectivity index (χ2v) is 8.25. The Bertz CT molecular complexity index is 658. The van der Waals surface area contributed by atoms with Crippen LogP contribution in [0.5, 0.6) is 0 Å². The molecule has 0 radical (unpaired) electrons. The fraction of sp³-hybridized carbons (Fsp3) is 0.750. The van der Waals surface area contributed by atoms with Gasteiger partial charge in [-0.15, -0.1) is 0 Å². The van der Waals surface area contributed by atoms with Crippen LogP contribution in [0.3, 0.4) is 0 Å². The van der Waals surface area contributed by atoms with Gasteiger partial charge in [0.2, 0.25) is 11.9 Å². The van der Waals surface area contributed by atoms with Crippen molar-refractivity contribution in [1.29, 1.82) is 0 Å². The Morgan fingerprint density at radius 1 is 0.926 bits per heavy atom. The Hall–Kier alpha value is -1.89. The largest absolute Gasteiger partial charge is 0.354 e. The lowest BCUT2D eigenvalue weighted by molar-refractivity contribution is -0.135. The van der Waals surface area contributed by atoms with E-state index in [2.05, 4.69) is 37.7 Å². The third kappa shape index (κ3) is 4.18. The first kappa shape index (κ1) is 18.5. The summed E-state index contributed by atoms with van der Waals surface area (Å²) in [7, 11) is 2.17. The summed E-state index contributed by atoms with van der Waals surface area (Å²) in [6, 6.07) is 2.09. The van der Waals surface area contributed by atoms with Crippen molar-refractivity contribution in [2.24, 2.45) is 5.92 Å². The molecule has 27 heavy (non-hydrogen) atoms. The molecule has 148 valence electrons. The zero-order chi connectivity index (χ0) is 18.8. The van der Waals surface area contributed by atoms with Crippen molar-refractivity contribution in [2.45, 2.75) is 32.6 Å². The second-order valence-electron chi connectivity index (χ2n) is 8.25. The van der Waals surface area contributed by atoms with Crippen molar-refractivity contribution in [3.63, 3.8) is 0 Å². The molecule has 1 saturated carbocycles. The summed E-state index contributed by atoms with van der Waals surface area (Å²) in [5.74, 6) is 2.50. The van der Waals surface area contributed by atoms with E-state index >= 15 is 0 Å². The predicted molar refractivity (Wildman–Crippen MR) is 107 cm³/mol. The molecule has 3 heterocycles.